The summed E-state index contributed by atoms with van der Waals surface area (Å²) < 4.78 is 10.7. The first-order valence-electron chi connectivity index (χ1n) is 9.60. The summed E-state index contributed by atoms with van der Waals surface area (Å²) in [6.45, 7) is 0. The van der Waals surface area contributed by atoms with Crippen LogP contribution < -0.4 is 11.1 Å². The third-order valence-electron chi connectivity index (χ3n) is 5.85. The molecule has 2 unspecified atom stereocenters. The molecule has 0 aliphatic heterocycles. The largest absolute Gasteiger partial charge is 0.464 e. The molecular formula is C23H24N2O2. The van der Waals surface area contributed by atoms with Crippen molar-refractivity contribution in [1.29, 1.82) is 0 Å². The average molecular weight is 360 g/mol. The second kappa shape index (κ2) is 6.55. The number of nitrogens with two attached hydrogens (primary N) is 1. The van der Waals surface area contributed by atoms with E-state index in [1.807, 2.05) is 19.2 Å². The summed E-state index contributed by atoms with van der Waals surface area (Å²) in [6, 6.07) is 13.7. The van der Waals surface area contributed by atoms with E-state index in [-0.39, 0.29) is 0 Å². The number of likely N-dealkylation sites (N-methyl/N-ethyl adjacent to an activating group) is 1. The third-order valence-corrected chi connectivity index (χ3v) is 5.85. The SMILES string of the molecule is CNC1Cc2cc3ccoc3cc2C1.NC1Cc2cc3ccoc3cc2C1. The van der Waals surface area contributed by atoms with Crippen molar-refractivity contribution in [3.63, 3.8) is 0 Å². The van der Waals surface area contributed by atoms with Crippen molar-refractivity contribution in [2.24, 2.45) is 5.73 Å². The molecule has 0 spiro atoms. The zero-order chi connectivity index (χ0) is 18.4. The van der Waals surface area contributed by atoms with E-state index in [1.165, 1.54) is 33.0 Å². The van der Waals surface area contributed by atoms with Crippen LogP contribution in [-0.2, 0) is 25.7 Å². The smallest absolute Gasteiger partial charge is 0.134 e. The van der Waals surface area contributed by atoms with Crippen LogP contribution in [0.3, 0.4) is 0 Å². The van der Waals surface area contributed by atoms with E-state index in [0.717, 1.165) is 36.8 Å². The molecule has 2 aromatic heterocycles. The average Bonchev–Trinajstić information content (AvgIpc) is 3.42. The Kier molecular flexibility index (Phi) is 4.03. The molecule has 0 saturated carbocycles. The molecule has 0 bridgehead atoms. The summed E-state index contributed by atoms with van der Waals surface area (Å²) in [5.41, 5.74) is 13.5. The zero-order valence-corrected chi connectivity index (χ0v) is 15.5. The molecule has 4 nitrogen and oxygen atoms in total. The van der Waals surface area contributed by atoms with Gasteiger partial charge in [0.2, 0.25) is 0 Å². The molecule has 138 valence electrons. The highest BCUT2D eigenvalue weighted by molar-refractivity contribution is 5.80. The number of nitrogens with one attached hydrogen (secondary N) is 1. The molecule has 2 atom stereocenters. The minimum absolute atomic E-state index is 0.307. The molecule has 0 saturated heterocycles. The number of hydrogen-bond donors (Lipinski definition) is 2. The van der Waals surface area contributed by atoms with Gasteiger partial charge in [0.25, 0.3) is 0 Å². The topological polar surface area (TPSA) is 64.3 Å². The molecule has 2 heterocycles. The van der Waals surface area contributed by atoms with E-state index < -0.39 is 0 Å². The van der Waals surface area contributed by atoms with Crippen LogP contribution in [0.5, 0.6) is 0 Å². The van der Waals surface area contributed by atoms with Crippen LogP contribution in [0.4, 0.5) is 0 Å². The summed E-state index contributed by atoms with van der Waals surface area (Å²) in [4.78, 5) is 0. The molecule has 0 fully saturated rings. The van der Waals surface area contributed by atoms with Gasteiger partial charge in [0, 0.05) is 22.9 Å². The van der Waals surface area contributed by atoms with Gasteiger partial charge in [-0.15, -0.1) is 0 Å². The van der Waals surface area contributed by atoms with Gasteiger partial charge in [-0.25, -0.2) is 0 Å². The Morgan fingerprint density at radius 1 is 0.778 bits per heavy atom. The minimum atomic E-state index is 0.307. The van der Waals surface area contributed by atoms with Gasteiger partial charge in [-0.3, -0.25) is 0 Å². The Labute approximate surface area is 158 Å². The van der Waals surface area contributed by atoms with E-state index in [0.29, 0.717) is 12.1 Å². The van der Waals surface area contributed by atoms with Crippen molar-refractivity contribution >= 4 is 21.9 Å². The number of furan rings is 2. The third kappa shape index (κ3) is 3.05. The fourth-order valence-corrected chi connectivity index (χ4v) is 4.40. The van der Waals surface area contributed by atoms with Crippen molar-refractivity contribution in [3.05, 3.63) is 71.2 Å². The number of fused-ring (bicyclic) bond motifs is 4. The van der Waals surface area contributed by atoms with Crippen LogP contribution in [0.1, 0.15) is 22.3 Å². The van der Waals surface area contributed by atoms with Gasteiger partial charge in [-0.2, -0.15) is 0 Å². The highest BCUT2D eigenvalue weighted by Crippen LogP contribution is 2.28. The molecule has 2 aliphatic carbocycles. The van der Waals surface area contributed by atoms with Gasteiger partial charge in [-0.1, -0.05) is 0 Å². The fourth-order valence-electron chi connectivity index (χ4n) is 4.40. The molecule has 0 radical (unpaired) electrons. The molecule has 3 N–H and O–H groups in total. The van der Waals surface area contributed by atoms with Crippen LogP contribution in [0.25, 0.3) is 21.9 Å². The Morgan fingerprint density at radius 3 is 1.81 bits per heavy atom. The van der Waals surface area contributed by atoms with E-state index in [9.17, 15) is 0 Å². The van der Waals surface area contributed by atoms with Crippen molar-refractivity contribution < 1.29 is 8.83 Å². The van der Waals surface area contributed by atoms with Gasteiger partial charge in [0.05, 0.1) is 12.5 Å². The van der Waals surface area contributed by atoms with Crippen molar-refractivity contribution in [3.8, 4) is 0 Å². The van der Waals surface area contributed by atoms with Crippen LogP contribution in [-0.4, -0.2) is 19.1 Å². The van der Waals surface area contributed by atoms with Crippen LogP contribution in [0, 0.1) is 0 Å². The Morgan fingerprint density at radius 2 is 1.26 bits per heavy atom. The molecule has 4 aromatic rings. The predicted molar refractivity (Wildman–Crippen MR) is 108 cm³/mol. The molecule has 0 amide bonds. The van der Waals surface area contributed by atoms with Gasteiger partial charge in [0.15, 0.2) is 0 Å². The Bertz CT molecular complexity index is 1030. The lowest BCUT2D eigenvalue weighted by Crippen LogP contribution is -2.24. The highest BCUT2D eigenvalue weighted by Gasteiger charge is 2.21. The molecule has 2 aliphatic rings. The fraction of sp³-hybridized carbons (Fsp3) is 0.304. The maximum Gasteiger partial charge on any atom is 0.134 e. The first-order valence-corrected chi connectivity index (χ1v) is 9.60. The number of rotatable bonds is 1. The van der Waals surface area contributed by atoms with Gasteiger partial charge in [0.1, 0.15) is 11.2 Å². The number of hydrogen-bond acceptors (Lipinski definition) is 4. The Hall–Kier alpha value is -2.56. The standard InChI is InChI=1S/C12H13NO.C11H11NO/c1-13-11-5-9-4-8-2-3-14-12(8)7-10(9)6-11;12-10-4-8-3-7-1-2-13-11(7)6-9(8)5-10/h2-4,7,11,13H,5-6H2,1H3;1-3,6,10H,4-5,12H2. The summed E-state index contributed by atoms with van der Waals surface area (Å²) in [5, 5.41) is 5.74. The maximum atomic E-state index is 5.89. The van der Waals surface area contributed by atoms with Gasteiger partial charge in [-0.05, 0) is 91.4 Å². The quantitative estimate of drug-likeness (QED) is 0.539. The second-order valence-corrected chi connectivity index (χ2v) is 7.72. The lowest BCUT2D eigenvalue weighted by Gasteiger charge is -2.04. The van der Waals surface area contributed by atoms with E-state index in [4.69, 9.17) is 14.6 Å². The van der Waals surface area contributed by atoms with E-state index in [2.05, 4.69) is 29.6 Å². The molecular weight excluding hydrogens is 336 g/mol. The summed E-state index contributed by atoms with van der Waals surface area (Å²) in [7, 11) is 2.03. The zero-order valence-electron chi connectivity index (χ0n) is 15.5. The monoisotopic (exact) mass is 360 g/mol. The lowest BCUT2D eigenvalue weighted by molar-refractivity contribution is 0.593. The second-order valence-electron chi connectivity index (χ2n) is 7.72. The molecule has 6 rings (SSSR count). The maximum absolute atomic E-state index is 5.89. The summed E-state index contributed by atoms with van der Waals surface area (Å²) in [6.07, 6.45) is 7.77. The van der Waals surface area contributed by atoms with Crippen molar-refractivity contribution in [1.82, 2.24) is 5.32 Å². The van der Waals surface area contributed by atoms with Crippen LogP contribution in [0.2, 0.25) is 0 Å². The van der Waals surface area contributed by atoms with Crippen molar-refractivity contribution in [2.75, 3.05) is 7.05 Å². The van der Waals surface area contributed by atoms with Gasteiger partial charge < -0.3 is 19.9 Å². The van der Waals surface area contributed by atoms with Crippen LogP contribution >= 0.6 is 0 Å². The molecule has 4 heteroatoms. The summed E-state index contributed by atoms with van der Waals surface area (Å²) in [5.74, 6) is 0. The molecule has 2 aromatic carbocycles. The lowest BCUT2D eigenvalue weighted by atomic mass is 10.1. The van der Waals surface area contributed by atoms with Crippen LogP contribution in [0.15, 0.2) is 57.8 Å². The van der Waals surface area contributed by atoms with Gasteiger partial charge >= 0.3 is 0 Å². The van der Waals surface area contributed by atoms with E-state index >= 15 is 0 Å². The highest BCUT2D eigenvalue weighted by atomic mass is 16.3. The van der Waals surface area contributed by atoms with Crippen molar-refractivity contribution in [2.45, 2.75) is 37.8 Å². The predicted octanol–water partition coefficient (Wildman–Crippen LogP) is 3.98. The number of benzene rings is 2. The molecule has 27 heavy (non-hydrogen) atoms. The first kappa shape index (κ1) is 16.6. The summed E-state index contributed by atoms with van der Waals surface area (Å²) >= 11 is 0. The minimum Gasteiger partial charge on any atom is -0.464 e. The first-order chi connectivity index (χ1) is 13.2. The van der Waals surface area contributed by atoms with E-state index in [1.54, 1.807) is 12.5 Å². The Balaban J connectivity index is 0.000000119. The normalized spacial score (nSPS) is 20.5.